The van der Waals surface area contributed by atoms with Gasteiger partial charge in [-0.15, -0.1) is 0 Å². The van der Waals surface area contributed by atoms with Crippen LogP contribution < -0.4 is 5.56 Å². The summed E-state index contributed by atoms with van der Waals surface area (Å²) in [6.45, 7) is 0. The highest BCUT2D eigenvalue weighted by atomic mass is 35.5. The van der Waals surface area contributed by atoms with Gasteiger partial charge in [0.1, 0.15) is 5.02 Å². The van der Waals surface area contributed by atoms with E-state index in [1.54, 1.807) is 0 Å². The molecular weight excluding hydrogens is 252 g/mol. The number of rotatable bonds is 2. The van der Waals surface area contributed by atoms with Crippen LogP contribution in [0.1, 0.15) is 12.1 Å². The molecule has 0 spiro atoms. The van der Waals surface area contributed by atoms with Crippen molar-refractivity contribution in [3.63, 3.8) is 0 Å². The number of nitrogens with zero attached hydrogens (tertiary/aromatic N) is 1. The first kappa shape index (κ1) is 11.6. The largest absolute Gasteiger partial charge is 0.282 e. The zero-order valence-corrected chi connectivity index (χ0v) is 10.0. The molecule has 7 heteroatoms. The summed E-state index contributed by atoms with van der Waals surface area (Å²) >= 11 is 5.65. The van der Waals surface area contributed by atoms with E-state index in [1.165, 1.54) is 6.07 Å². The van der Waals surface area contributed by atoms with Crippen LogP contribution in [0.3, 0.4) is 0 Å². The molecule has 88 valence electrons. The van der Waals surface area contributed by atoms with E-state index in [0.29, 0.717) is 18.5 Å². The molecule has 1 unspecified atom stereocenters. The second-order valence-electron chi connectivity index (χ2n) is 4.01. The first-order chi connectivity index (χ1) is 7.46. The number of sulfone groups is 1. The molecule has 1 aromatic rings. The van der Waals surface area contributed by atoms with Gasteiger partial charge in [0.05, 0.1) is 17.2 Å². The minimum Gasteiger partial charge on any atom is -0.266 e. The van der Waals surface area contributed by atoms with Crippen molar-refractivity contribution < 1.29 is 8.42 Å². The van der Waals surface area contributed by atoms with Gasteiger partial charge >= 0.3 is 0 Å². The molecule has 2 heterocycles. The Morgan fingerprint density at radius 3 is 2.88 bits per heavy atom. The van der Waals surface area contributed by atoms with Crippen molar-refractivity contribution in [3.8, 4) is 0 Å². The molecule has 1 atom stereocenters. The molecule has 1 aromatic heterocycles. The fourth-order valence-electron chi connectivity index (χ4n) is 1.85. The Kier molecular flexibility index (Phi) is 3.03. The summed E-state index contributed by atoms with van der Waals surface area (Å²) in [6, 6.07) is 1.49. The summed E-state index contributed by atoms with van der Waals surface area (Å²) in [5, 5.41) is 6.20. The number of halogens is 1. The molecule has 1 fully saturated rings. The lowest BCUT2D eigenvalue weighted by Crippen LogP contribution is -2.13. The van der Waals surface area contributed by atoms with E-state index in [0.717, 1.165) is 0 Å². The Morgan fingerprint density at radius 1 is 1.56 bits per heavy atom. The van der Waals surface area contributed by atoms with Crippen molar-refractivity contribution in [2.45, 2.75) is 12.8 Å². The SMILES string of the molecule is O=c1[nH]nc(CC2CCS(=O)(=O)C2)cc1Cl. The summed E-state index contributed by atoms with van der Waals surface area (Å²) < 4.78 is 22.5. The van der Waals surface area contributed by atoms with E-state index in [-0.39, 0.29) is 22.4 Å². The molecule has 0 saturated carbocycles. The van der Waals surface area contributed by atoms with Gasteiger partial charge < -0.3 is 0 Å². The van der Waals surface area contributed by atoms with Crippen LogP contribution in [0.2, 0.25) is 5.02 Å². The maximum Gasteiger partial charge on any atom is 0.282 e. The highest BCUT2D eigenvalue weighted by Crippen LogP contribution is 2.21. The number of hydrogen-bond acceptors (Lipinski definition) is 4. The fraction of sp³-hybridized carbons (Fsp3) is 0.556. The molecule has 16 heavy (non-hydrogen) atoms. The lowest BCUT2D eigenvalue weighted by Gasteiger charge is -2.05. The Morgan fingerprint density at radius 2 is 2.31 bits per heavy atom. The van der Waals surface area contributed by atoms with Crippen LogP contribution in [-0.2, 0) is 16.3 Å². The van der Waals surface area contributed by atoms with E-state index >= 15 is 0 Å². The van der Waals surface area contributed by atoms with Crippen molar-refractivity contribution in [1.29, 1.82) is 0 Å². The third-order valence-electron chi connectivity index (χ3n) is 2.64. The molecule has 1 aliphatic heterocycles. The van der Waals surface area contributed by atoms with Crippen LogP contribution in [0.15, 0.2) is 10.9 Å². The number of hydrogen-bond donors (Lipinski definition) is 1. The smallest absolute Gasteiger partial charge is 0.266 e. The van der Waals surface area contributed by atoms with Gasteiger partial charge in [-0.3, -0.25) is 4.79 Å². The summed E-state index contributed by atoms with van der Waals surface area (Å²) in [5.74, 6) is 0.527. The molecule has 1 N–H and O–H groups in total. The van der Waals surface area contributed by atoms with Crippen LogP contribution in [0, 0.1) is 5.92 Å². The third kappa shape index (κ3) is 2.62. The molecule has 0 aromatic carbocycles. The molecule has 0 amide bonds. The first-order valence-electron chi connectivity index (χ1n) is 4.91. The zero-order valence-electron chi connectivity index (χ0n) is 8.44. The Balaban J connectivity index is 2.11. The Hall–Kier alpha value is -0.880. The van der Waals surface area contributed by atoms with Gasteiger partial charge in [-0.05, 0) is 24.8 Å². The summed E-state index contributed by atoms with van der Waals surface area (Å²) in [7, 11) is -2.87. The summed E-state index contributed by atoms with van der Waals surface area (Å²) in [5.41, 5.74) is 0.205. The topological polar surface area (TPSA) is 79.9 Å². The van der Waals surface area contributed by atoms with Gasteiger partial charge in [-0.1, -0.05) is 11.6 Å². The quantitative estimate of drug-likeness (QED) is 0.837. The van der Waals surface area contributed by atoms with Gasteiger partial charge in [0, 0.05) is 0 Å². The van der Waals surface area contributed by atoms with E-state index in [9.17, 15) is 13.2 Å². The van der Waals surface area contributed by atoms with Crippen molar-refractivity contribution in [2.24, 2.45) is 5.92 Å². The van der Waals surface area contributed by atoms with Crippen LogP contribution >= 0.6 is 11.6 Å². The van der Waals surface area contributed by atoms with E-state index in [4.69, 9.17) is 11.6 Å². The lowest BCUT2D eigenvalue weighted by atomic mass is 10.0. The standard InChI is InChI=1S/C9H11ClN2O3S/c10-8-4-7(11-12-9(8)13)3-6-1-2-16(14,15)5-6/h4,6H,1-3,5H2,(H,12,13). The highest BCUT2D eigenvalue weighted by molar-refractivity contribution is 7.91. The number of aromatic amines is 1. The monoisotopic (exact) mass is 262 g/mol. The van der Waals surface area contributed by atoms with Crippen molar-refractivity contribution in [2.75, 3.05) is 11.5 Å². The number of nitrogens with one attached hydrogen (secondary N) is 1. The minimum absolute atomic E-state index is 0.0828. The van der Waals surface area contributed by atoms with Gasteiger partial charge in [0.15, 0.2) is 9.84 Å². The molecule has 2 rings (SSSR count). The van der Waals surface area contributed by atoms with Crippen LogP contribution in [-0.4, -0.2) is 30.1 Å². The molecule has 1 aliphatic rings. The molecule has 0 radical (unpaired) electrons. The van der Waals surface area contributed by atoms with E-state index in [2.05, 4.69) is 10.2 Å². The minimum atomic E-state index is -2.87. The fourth-order valence-corrected chi connectivity index (χ4v) is 3.88. The second kappa shape index (κ2) is 4.18. The zero-order chi connectivity index (χ0) is 11.8. The van der Waals surface area contributed by atoms with Crippen molar-refractivity contribution in [1.82, 2.24) is 10.2 Å². The summed E-state index contributed by atoms with van der Waals surface area (Å²) in [6.07, 6.45) is 1.19. The Labute approximate surface area is 97.7 Å². The van der Waals surface area contributed by atoms with Gasteiger partial charge in [-0.25, -0.2) is 13.5 Å². The Bertz CT molecular complexity index is 552. The number of H-pyrrole nitrogens is 1. The van der Waals surface area contributed by atoms with Gasteiger partial charge in [0.25, 0.3) is 5.56 Å². The van der Waals surface area contributed by atoms with Crippen molar-refractivity contribution in [3.05, 3.63) is 27.1 Å². The predicted molar refractivity (Wildman–Crippen MR) is 60.3 cm³/mol. The molecule has 1 saturated heterocycles. The molecule has 5 nitrogen and oxygen atoms in total. The molecular formula is C9H11ClN2O3S. The average molecular weight is 263 g/mol. The van der Waals surface area contributed by atoms with E-state index in [1.807, 2.05) is 0 Å². The summed E-state index contributed by atoms with van der Waals surface area (Å²) in [4.78, 5) is 11.0. The van der Waals surface area contributed by atoms with Crippen LogP contribution in [0.4, 0.5) is 0 Å². The van der Waals surface area contributed by atoms with Crippen molar-refractivity contribution >= 4 is 21.4 Å². The number of aromatic nitrogens is 2. The first-order valence-corrected chi connectivity index (χ1v) is 7.11. The predicted octanol–water partition coefficient (Wildman–Crippen LogP) is 0.400. The molecule has 0 aliphatic carbocycles. The van der Waals surface area contributed by atoms with Gasteiger partial charge in [-0.2, -0.15) is 5.10 Å². The lowest BCUT2D eigenvalue weighted by molar-refractivity contribution is 0.573. The maximum absolute atomic E-state index is 11.2. The van der Waals surface area contributed by atoms with Crippen LogP contribution in [0.25, 0.3) is 0 Å². The second-order valence-corrected chi connectivity index (χ2v) is 6.65. The van der Waals surface area contributed by atoms with Crippen LogP contribution in [0.5, 0.6) is 0 Å². The van der Waals surface area contributed by atoms with Gasteiger partial charge in [0.2, 0.25) is 0 Å². The highest BCUT2D eigenvalue weighted by Gasteiger charge is 2.28. The van der Waals surface area contributed by atoms with E-state index < -0.39 is 15.4 Å². The maximum atomic E-state index is 11.2. The normalized spacial score (nSPS) is 23.4. The molecule has 0 bridgehead atoms. The average Bonchev–Trinajstić information content (AvgIpc) is 2.52. The third-order valence-corrected chi connectivity index (χ3v) is 4.75.